The van der Waals surface area contributed by atoms with Crippen LogP contribution in [0.25, 0.3) is 0 Å². The van der Waals surface area contributed by atoms with Gasteiger partial charge in [-0.25, -0.2) is 4.48 Å². The van der Waals surface area contributed by atoms with Crippen molar-refractivity contribution < 1.29 is 18.8 Å². The Morgan fingerprint density at radius 3 is 2.45 bits per heavy atom. The minimum absolute atomic E-state index is 0.0691. The zero-order chi connectivity index (χ0) is 14.8. The summed E-state index contributed by atoms with van der Waals surface area (Å²) in [6, 6.07) is 0.329. The van der Waals surface area contributed by atoms with E-state index in [0.29, 0.717) is 23.0 Å². The molecule has 1 unspecified atom stereocenters. The number of carbonyl (C=O) groups is 1. The van der Waals surface area contributed by atoms with E-state index in [9.17, 15) is 4.79 Å². The quantitative estimate of drug-likeness (QED) is 0.787. The van der Waals surface area contributed by atoms with Crippen molar-refractivity contribution in [2.45, 2.75) is 51.7 Å². The molecule has 2 rings (SSSR count). The highest BCUT2D eigenvalue weighted by Crippen LogP contribution is 2.34. The summed E-state index contributed by atoms with van der Waals surface area (Å²) in [7, 11) is 0. The fourth-order valence-electron chi connectivity index (χ4n) is 3.43. The molecule has 0 spiro atoms. The Hall–Kier alpha value is -0.650. The summed E-state index contributed by atoms with van der Waals surface area (Å²) in [5, 5.41) is 0. The molecular formula is C15H29N2O3+. The van der Waals surface area contributed by atoms with E-state index in [4.69, 9.17) is 15.2 Å². The molecule has 2 aliphatic heterocycles. The van der Waals surface area contributed by atoms with Gasteiger partial charge in [-0.3, -0.25) is 0 Å². The molecule has 0 bridgehead atoms. The monoisotopic (exact) mass is 285 g/mol. The molecule has 5 heteroatoms. The highest BCUT2D eigenvalue weighted by atomic mass is 16.6. The van der Waals surface area contributed by atoms with Gasteiger partial charge in [0.05, 0.1) is 26.3 Å². The van der Waals surface area contributed by atoms with Crippen LogP contribution in [0.3, 0.4) is 0 Å². The maximum Gasteiger partial charge on any atom is 0.516 e. The maximum atomic E-state index is 12.8. The van der Waals surface area contributed by atoms with Crippen molar-refractivity contribution in [1.82, 2.24) is 0 Å². The lowest BCUT2D eigenvalue weighted by Gasteiger charge is -2.41. The Labute approximate surface area is 122 Å². The number of likely N-dealkylation sites (tertiary alicyclic amines) is 1. The lowest BCUT2D eigenvalue weighted by Crippen LogP contribution is -2.60. The largest absolute Gasteiger partial charge is 0.516 e. The second-order valence-corrected chi connectivity index (χ2v) is 7.15. The van der Waals surface area contributed by atoms with Gasteiger partial charge in [-0.05, 0) is 20.8 Å². The van der Waals surface area contributed by atoms with Gasteiger partial charge in [-0.2, -0.15) is 4.79 Å². The summed E-state index contributed by atoms with van der Waals surface area (Å²) in [5.74, 6) is 0.436. The Morgan fingerprint density at radius 1 is 1.30 bits per heavy atom. The highest BCUT2D eigenvalue weighted by molar-refractivity contribution is 5.61. The molecule has 2 N–H and O–H groups in total. The third kappa shape index (κ3) is 3.32. The lowest BCUT2D eigenvalue weighted by molar-refractivity contribution is -0.875. The van der Waals surface area contributed by atoms with Crippen molar-refractivity contribution in [2.75, 3.05) is 32.8 Å². The number of nitrogens with two attached hydrogens (primary N) is 1. The first-order valence-electron chi connectivity index (χ1n) is 7.75. The highest BCUT2D eigenvalue weighted by Gasteiger charge is 2.52. The van der Waals surface area contributed by atoms with E-state index in [0.717, 1.165) is 45.6 Å². The van der Waals surface area contributed by atoms with Gasteiger partial charge < -0.3 is 15.2 Å². The zero-order valence-electron chi connectivity index (χ0n) is 13.1. The molecule has 2 fully saturated rings. The van der Waals surface area contributed by atoms with Crippen molar-refractivity contribution in [3.05, 3.63) is 0 Å². The van der Waals surface area contributed by atoms with Crippen LogP contribution in [-0.4, -0.2) is 55.1 Å². The first-order valence-corrected chi connectivity index (χ1v) is 7.75. The molecule has 2 aliphatic rings. The summed E-state index contributed by atoms with van der Waals surface area (Å²) in [5.41, 5.74) is 5.39. The molecule has 1 amide bonds. The van der Waals surface area contributed by atoms with Crippen molar-refractivity contribution >= 4 is 6.09 Å². The van der Waals surface area contributed by atoms with Gasteiger partial charge in [0.1, 0.15) is 11.6 Å². The molecule has 116 valence electrons. The summed E-state index contributed by atoms with van der Waals surface area (Å²) in [6.45, 7) is 9.65. The van der Waals surface area contributed by atoms with Crippen molar-refractivity contribution in [3.63, 3.8) is 0 Å². The molecule has 2 saturated heterocycles. The second kappa shape index (κ2) is 6.00. The van der Waals surface area contributed by atoms with Crippen LogP contribution in [0.4, 0.5) is 4.79 Å². The van der Waals surface area contributed by atoms with Crippen molar-refractivity contribution in [3.8, 4) is 0 Å². The van der Waals surface area contributed by atoms with Crippen LogP contribution in [0.15, 0.2) is 0 Å². The number of carbonyl (C=O) groups excluding carboxylic acids is 1. The van der Waals surface area contributed by atoms with Crippen LogP contribution >= 0.6 is 0 Å². The van der Waals surface area contributed by atoms with Gasteiger partial charge in [-0.15, -0.1) is 0 Å². The van der Waals surface area contributed by atoms with Crippen molar-refractivity contribution in [1.29, 1.82) is 0 Å². The van der Waals surface area contributed by atoms with Gasteiger partial charge in [0.15, 0.2) is 0 Å². The van der Waals surface area contributed by atoms with E-state index in [1.807, 2.05) is 20.8 Å². The van der Waals surface area contributed by atoms with E-state index in [2.05, 4.69) is 0 Å². The number of amides is 1. The van der Waals surface area contributed by atoms with E-state index in [1.165, 1.54) is 0 Å². The van der Waals surface area contributed by atoms with Crippen LogP contribution in [0.2, 0.25) is 0 Å². The molecule has 2 heterocycles. The molecule has 5 nitrogen and oxygen atoms in total. The topological polar surface area (TPSA) is 61.5 Å². The standard InChI is InChI=1S/C15H29N2O3/c1-15(2,3)20-14(18)17(7-4-12(10-16)11-17)13-5-8-19-9-6-13/h12-13H,4-11,16H2,1-3H3/q+1/t12-,17?/m1/s1. The minimum atomic E-state index is -0.436. The SMILES string of the molecule is CC(C)(C)OC(=O)[N+]1(C2CCOCC2)CC[C@H](CN)C1. The molecule has 0 aromatic rings. The number of hydrogen-bond donors (Lipinski definition) is 1. The molecule has 0 radical (unpaired) electrons. The van der Waals surface area contributed by atoms with E-state index < -0.39 is 5.60 Å². The average molecular weight is 285 g/mol. The predicted octanol–water partition coefficient (Wildman–Crippen LogP) is 1.90. The maximum absolute atomic E-state index is 12.8. The first-order chi connectivity index (χ1) is 9.37. The summed E-state index contributed by atoms with van der Waals surface area (Å²) < 4.78 is 11.6. The smallest absolute Gasteiger partial charge is 0.414 e. The molecule has 0 aromatic carbocycles. The van der Waals surface area contributed by atoms with E-state index >= 15 is 0 Å². The van der Waals surface area contributed by atoms with Crippen LogP contribution < -0.4 is 5.73 Å². The van der Waals surface area contributed by atoms with E-state index in [1.54, 1.807) is 0 Å². The lowest BCUT2D eigenvalue weighted by atomic mass is 10.0. The number of hydrogen-bond acceptors (Lipinski definition) is 4. The van der Waals surface area contributed by atoms with Crippen LogP contribution in [0.5, 0.6) is 0 Å². The Kier molecular flexibility index (Phi) is 4.72. The van der Waals surface area contributed by atoms with Gasteiger partial charge >= 0.3 is 6.09 Å². The predicted molar refractivity (Wildman–Crippen MR) is 77.2 cm³/mol. The number of ether oxygens (including phenoxy) is 2. The fourth-order valence-corrected chi connectivity index (χ4v) is 3.43. The molecular weight excluding hydrogens is 256 g/mol. The van der Waals surface area contributed by atoms with Crippen LogP contribution in [0, 0.1) is 5.92 Å². The van der Waals surface area contributed by atoms with Gasteiger partial charge in [0.2, 0.25) is 0 Å². The summed E-state index contributed by atoms with van der Waals surface area (Å²) in [6.07, 6.45) is 2.83. The zero-order valence-corrected chi connectivity index (χ0v) is 13.1. The third-order valence-electron chi connectivity index (χ3n) is 4.50. The number of nitrogens with zero attached hydrogens (tertiary/aromatic N) is 1. The van der Waals surface area contributed by atoms with Crippen molar-refractivity contribution in [2.24, 2.45) is 11.7 Å². The molecule has 0 aromatic heterocycles. The number of rotatable bonds is 2. The van der Waals surface area contributed by atoms with Gasteiger partial charge in [0, 0.05) is 31.7 Å². The normalized spacial score (nSPS) is 32.3. The average Bonchev–Trinajstić information content (AvgIpc) is 2.83. The van der Waals surface area contributed by atoms with Gasteiger partial charge in [0.25, 0.3) is 0 Å². The Morgan fingerprint density at radius 2 is 1.95 bits per heavy atom. The molecule has 0 aliphatic carbocycles. The number of quaternary nitrogens is 1. The fraction of sp³-hybridized carbons (Fsp3) is 0.933. The minimum Gasteiger partial charge on any atom is -0.414 e. The van der Waals surface area contributed by atoms with Crippen LogP contribution in [0.1, 0.15) is 40.0 Å². The second-order valence-electron chi connectivity index (χ2n) is 7.15. The molecule has 0 saturated carbocycles. The first kappa shape index (κ1) is 15.7. The molecule has 20 heavy (non-hydrogen) atoms. The van der Waals surface area contributed by atoms with Crippen LogP contribution in [-0.2, 0) is 9.47 Å². The van der Waals surface area contributed by atoms with Gasteiger partial charge in [-0.1, -0.05) is 0 Å². The van der Waals surface area contributed by atoms with E-state index in [-0.39, 0.29) is 6.09 Å². The summed E-state index contributed by atoms with van der Waals surface area (Å²) in [4.78, 5) is 12.8. The Bertz CT molecular complexity index is 348. The molecule has 2 atom stereocenters. The summed E-state index contributed by atoms with van der Waals surface area (Å²) >= 11 is 0. The third-order valence-corrected chi connectivity index (χ3v) is 4.50. The Balaban J connectivity index is 2.18.